The molecule has 2 aromatic heterocycles. The summed E-state index contributed by atoms with van der Waals surface area (Å²) >= 11 is 0. The van der Waals surface area contributed by atoms with Crippen LogP contribution in [0.2, 0.25) is 0 Å². The van der Waals surface area contributed by atoms with Crippen molar-refractivity contribution in [3.63, 3.8) is 0 Å². The van der Waals surface area contributed by atoms with Crippen LogP contribution in [-0.2, 0) is 6.54 Å². The monoisotopic (exact) mass is 410 g/mol. The van der Waals surface area contributed by atoms with E-state index in [0.717, 1.165) is 56.9 Å². The molecule has 2 fully saturated rings. The predicted octanol–water partition coefficient (Wildman–Crippen LogP) is 0.642. The lowest BCUT2D eigenvalue weighted by Crippen LogP contribution is -2.53. The number of carbonyl (C=O) groups is 1. The Bertz CT molecular complexity index is 833. The zero-order chi connectivity index (χ0) is 20.8. The average Bonchev–Trinajstić information content (AvgIpc) is 3.05. The van der Waals surface area contributed by atoms with Crippen LogP contribution in [0.25, 0.3) is 0 Å². The summed E-state index contributed by atoms with van der Waals surface area (Å²) in [5.74, 6) is 0.645. The summed E-state index contributed by atoms with van der Waals surface area (Å²) in [6.45, 7) is 5.65. The maximum absolute atomic E-state index is 12.6. The van der Waals surface area contributed by atoms with Gasteiger partial charge in [-0.25, -0.2) is 4.98 Å². The molecule has 3 N–H and O–H groups in total. The fourth-order valence-electron chi connectivity index (χ4n) is 4.25. The molecule has 0 aromatic carbocycles. The van der Waals surface area contributed by atoms with Crippen LogP contribution < -0.4 is 15.5 Å². The van der Waals surface area contributed by atoms with Gasteiger partial charge in [-0.15, -0.1) is 0 Å². The predicted molar refractivity (Wildman–Crippen MR) is 115 cm³/mol. The van der Waals surface area contributed by atoms with E-state index < -0.39 is 0 Å². The third-order valence-electron chi connectivity index (χ3n) is 5.88. The van der Waals surface area contributed by atoms with Crippen LogP contribution in [0.5, 0.6) is 0 Å². The number of hydrogen-bond donors (Lipinski definition) is 3. The zero-order valence-corrected chi connectivity index (χ0v) is 17.2. The SMILES string of the molecule is O=C(NCc1cccnc1)c1cccc(N2CCCN(C3CCNCC3O)CC2)n1. The standard InChI is InChI=1S/C22H30N6O2/c29-20-16-24-9-7-19(20)27-10-3-11-28(13-12-27)21-6-1-5-18(26-21)22(30)25-15-17-4-2-8-23-14-17/h1-2,4-6,8,14,19-20,24,29H,3,7,9-13,15-16H2,(H,25,30). The van der Waals surface area contributed by atoms with E-state index in [4.69, 9.17) is 0 Å². The van der Waals surface area contributed by atoms with Gasteiger partial charge in [0.25, 0.3) is 5.91 Å². The topological polar surface area (TPSA) is 93.6 Å². The van der Waals surface area contributed by atoms with Crippen LogP contribution in [0, 0.1) is 0 Å². The van der Waals surface area contributed by atoms with Crippen LogP contribution >= 0.6 is 0 Å². The molecular formula is C22H30N6O2. The number of nitrogens with zero attached hydrogens (tertiary/aromatic N) is 4. The molecule has 0 bridgehead atoms. The number of nitrogens with one attached hydrogen (secondary N) is 2. The fourth-order valence-corrected chi connectivity index (χ4v) is 4.25. The molecule has 30 heavy (non-hydrogen) atoms. The minimum absolute atomic E-state index is 0.185. The van der Waals surface area contributed by atoms with E-state index in [1.807, 2.05) is 24.3 Å². The van der Waals surface area contributed by atoms with E-state index in [2.05, 4.69) is 30.4 Å². The lowest BCUT2D eigenvalue weighted by atomic mass is 10.0. The first-order chi connectivity index (χ1) is 14.7. The summed E-state index contributed by atoms with van der Waals surface area (Å²) in [5, 5.41) is 16.5. The molecule has 160 valence electrons. The number of β-amino-alcohol motifs (C(OH)–C–C–N with tert-alkyl or cyclic N) is 1. The summed E-state index contributed by atoms with van der Waals surface area (Å²) in [5.41, 5.74) is 1.38. The van der Waals surface area contributed by atoms with Gasteiger partial charge in [-0.05, 0) is 43.1 Å². The van der Waals surface area contributed by atoms with Gasteiger partial charge >= 0.3 is 0 Å². The van der Waals surface area contributed by atoms with E-state index in [1.54, 1.807) is 18.5 Å². The Labute approximate surface area is 177 Å². The van der Waals surface area contributed by atoms with Crippen molar-refractivity contribution in [2.75, 3.05) is 44.2 Å². The lowest BCUT2D eigenvalue weighted by Gasteiger charge is -2.37. The van der Waals surface area contributed by atoms with Crippen molar-refractivity contribution >= 4 is 11.7 Å². The number of hydrogen-bond acceptors (Lipinski definition) is 7. The summed E-state index contributed by atoms with van der Waals surface area (Å²) in [7, 11) is 0. The van der Waals surface area contributed by atoms with Crippen molar-refractivity contribution in [3.8, 4) is 0 Å². The normalized spacial score (nSPS) is 23.0. The molecule has 0 spiro atoms. The first-order valence-electron chi connectivity index (χ1n) is 10.7. The number of pyridine rings is 2. The quantitative estimate of drug-likeness (QED) is 0.666. The van der Waals surface area contributed by atoms with Gasteiger partial charge in [-0.1, -0.05) is 12.1 Å². The fraction of sp³-hybridized carbons (Fsp3) is 0.500. The van der Waals surface area contributed by atoms with Crippen molar-refractivity contribution in [2.24, 2.45) is 0 Å². The van der Waals surface area contributed by atoms with Crippen molar-refractivity contribution in [1.29, 1.82) is 0 Å². The summed E-state index contributed by atoms with van der Waals surface area (Å²) < 4.78 is 0. The molecule has 8 nitrogen and oxygen atoms in total. The molecule has 1 amide bonds. The third-order valence-corrected chi connectivity index (χ3v) is 5.88. The molecule has 4 rings (SSSR count). The largest absolute Gasteiger partial charge is 0.390 e. The maximum atomic E-state index is 12.6. The van der Waals surface area contributed by atoms with Gasteiger partial charge in [0.15, 0.2) is 0 Å². The molecule has 2 aromatic rings. The number of aliphatic hydroxyl groups is 1. The van der Waals surface area contributed by atoms with Gasteiger partial charge in [-0.3, -0.25) is 14.7 Å². The Hall–Kier alpha value is -2.55. The minimum Gasteiger partial charge on any atom is -0.390 e. The molecule has 2 unspecified atom stereocenters. The average molecular weight is 411 g/mol. The summed E-state index contributed by atoms with van der Waals surface area (Å²) in [4.78, 5) is 25.9. The molecule has 8 heteroatoms. The third kappa shape index (κ3) is 5.13. The molecular weight excluding hydrogens is 380 g/mol. The highest BCUT2D eigenvalue weighted by Gasteiger charge is 2.30. The summed E-state index contributed by atoms with van der Waals surface area (Å²) in [6.07, 6.45) is 5.13. The molecule has 4 heterocycles. The lowest BCUT2D eigenvalue weighted by molar-refractivity contribution is 0.0323. The second-order valence-electron chi connectivity index (χ2n) is 7.93. The van der Waals surface area contributed by atoms with E-state index in [0.29, 0.717) is 18.8 Å². The molecule has 2 aliphatic rings. The first kappa shape index (κ1) is 20.7. The summed E-state index contributed by atoms with van der Waals surface area (Å²) in [6, 6.07) is 9.61. The van der Waals surface area contributed by atoms with Gasteiger partial charge in [0.1, 0.15) is 11.5 Å². The van der Waals surface area contributed by atoms with Crippen LogP contribution in [0.1, 0.15) is 28.9 Å². The van der Waals surface area contributed by atoms with Crippen LogP contribution in [-0.4, -0.2) is 77.3 Å². The minimum atomic E-state index is -0.310. The number of aromatic nitrogens is 2. The Balaban J connectivity index is 1.36. The Morgan fingerprint density at radius 1 is 1.20 bits per heavy atom. The smallest absolute Gasteiger partial charge is 0.270 e. The number of piperidine rings is 1. The Morgan fingerprint density at radius 2 is 2.13 bits per heavy atom. The molecule has 0 radical (unpaired) electrons. The van der Waals surface area contributed by atoms with Crippen molar-refractivity contribution < 1.29 is 9.90 Å². The van der Waals surface area contributed by atoms with E-state index in [-0.39, 0.29) is 18.1 Å². The maximum Gasteiger partial charge on any atom is 0.270 e. The van der Waals surface area contributed by atoms with Crippen LogP contribution in [0.3, 0.4) is 0 Å². The van der Waals surface area contributed by atoms with E-state index in [9.17, 15) is 9.90 Å². The van der Waals surface area contributed by atoms with Crippen molar-refractivity contribution in [2.45, 2.75) is 31.5 Å². The van der Waals surface area contributed by atoms with Gasteiger partial charge in [0.2, 0.25) is 0 Å². The van der Waals surface area contributed by atoms with Gasteiger partial charge < -0.3 is 20.6 Å². The number of anilines is 1. The second kappa shape index (κ2) is 9.97. The van der Waals surface area contributed by atoms with E-state index >= 15 is 0 Å². The van der Waals surface area contributed by atoms with Crippen LogP contribution in [0.15, 0.2) is 42.7 Å². The van der Waals surface area contributed by atoms with Gasteiger partial charge in [0.05, 0.1) is 6.10 Å². The number of amides is 1. The van der Waals surface area contributed by atoms with E-state index in [1.165, 1.54) is 0 Å². The number of carbonyl (C=O) groups excluding carboxylic acids is 1. The first-order valence-corrected chi connectivity index (χ1v) is 10.7. The molecule has 0 aliphatic carbocycles. The molecule has 2 saturated heterocycles. The Morgan fingerprint density at radius 3 is 2.97 bits per heavy atom. The van der Waals surface area contributed by atoms with Crippen molar-refractivity contribution in [3.05, 3.63) is 54.0 Å². The molecule has 2 aliphatic heterocycles. The molecule has 0 saturated carbocycles. The van der Waals surface area contributed by atoms with Gasteiger partial charge in [0, 0.05) is 57.7 Å². The highest BCUT2D eigenvalue weighted by Crippen LogP contribution is 2.19. The molecule has 2 atom stereocenters. The second-order valence-corrected chi connectivity index (χ2v) is 7.93. The Kier molecular flexibility index (Phi) is 6.88. The highest BCUT2D eigenvalue weighted by molar-refractivity contribution is 5.92. The zero-order valence-electron chi connectivity index (χ0n) is 17.2. The number of rotatable bonds is 5. The highest BCUT2D eigenvalue weighted by atomic mass is 16.3. The van der Waals surface area contributed by atoms with Gasteiger partial charge in [-0.2, -0.15) is 0 Å². The van der Waals surface area contributed by atoms with Crippen LogP contribution in [0.4, 0.5) is 5.82 Å². The number of aliphatic hydroxyl groups excluding tert-OH is 1. The van der Waals surface area contributed by atoms with Crippen molar-refractivity contribution in [1.82, 2.24) is 25.5 Å².